The Kier molecular flexibility index (Phi) is 4.55. The van der Waals surface area contributed by atoms with Gasteiger partial charge in [-0.2, -0.15) is 0 Å². The van der Waals surface area contributed by atoms with Gasteiger partial charge in [0.25, 0.3) is 0 Å². The van der Waals surface area contributed by atoms with Gasteiger partial charge in [0, 0.05) is 5.56 Å². The molecule has 1 aromatic rings. The van der Waals surface area contributed by atoms with Crippen LogP contribution in [-0.4, -0.2) is 17.0 Å². The molecule has 114 valence electrons. The summed E-state index contributed by atoms with van der Waals surface area (Å²) < 4.78 is 27.0. The molecular formula is C15H17F2NO3. The summed E-state index contributed by atoms with van der Waals surface area (Å²) in [5.41, 5.74) is 0.0806. The Morgan fingerprint density at radius 2 is 2.00 bits per heavy atom. The highest BCUT2D eigenvalue weighted by atomic mass is 19.1. The lowest BCUT2D eigenvalue weighted by Gasteiger charge is -2.33. The van der Waals surface area contributed by atoms with Crippen LogP contribution in [0.25, 0.3) is 0 Å². The highest BCUT2D eigenvalue weighted by Gasteiger charge is 2.41. The van der Waals surface area contributed by atoms with Crippen LogP contribution >= 0.6 is 0 Å². The average Bonchev–Trinajstić information content (AvgIpc) is 2.37. The first-order chi connectivity index (χ1) is 9.93. The summed E-state index contributed by atoms with van der Waals surface area (Å²) in [6, 6.07) is 2.42. The van der Waals surface area contributed by atoms with Crippen LogP contribution in [0, 0.1) is 23.5 Å². The summed E-state index contributed by atoms with van der Waals surface area (Å²) in [6.45, 7) is 1.74. The number of carbonyl (C=O) groups is 2. The maximum Gasteiger partial charge on any atom is 0.307 e. The van der Waals surface area contributed by atoms with E-state index in [9.17, 15) is 18.4 Å². The number of benzene rings is 1. The molecule has 0 aliphatic heterocycles. The topological polar surface area (TPSA) is 66.4 Å². The van der Waals surface area contributed by atoms with Crippen molar-refractivity contribution >= 4 is 11.9 Å². The molecule has 1 aliphatic rings. The van der Waals surface area contributed by atoms with E-state index in [2.05, 4.69) is 5.32 Å². The van der Waals surface area contributed by atoms with E-state index in [1.807, 2.05) is 0 Å². The molecule has 21 heavy (non-hydrogen) atoms. The van der Waals surface area contributed by atoms with Crippen LogP contribution in [0.2, 0.25) is 0 Å². The SMILES string of the molecule is CCC(NC(=O)C1CCC1C(=O)O)c1cc(F)ccc1F. The van der Waals surface area contributed by atoms with Crippen molar-refractivity contribution in [3.05, 3.63) is 35.4 Å². The van der Waals surface area contributed by atoms with Crippen molar-refractivity contribution in [1.29, 1.82) is 0 Å². The zero-order valence-electron chi connectivity index (χ0n) is 11.6. The molecule has 1 amide bonds. The van der Waals surface area contributed by atoms with E-state index in [0.717, 1.165) is 18.2 Å². The van der Waals surface area contributed by atoms with E-state index in [-0.39, 0.29) is 5.56 Å². The van der Waals surface area contributed by atoms with E-state index in [0.29, 0.717) is 19.3 Å². The van der Waals surface area contributed by atoms with E-state index in [1.54, 1.807) is 6.92 Å². The second-order valence-corrected chi connectivity index (χ2v) is 5.26. The van der Waals surface area contributed by atoms with E-state index in [1.165, 1.54) is 0 Å². The van der Waals surface area contributed by atoms with Gasteiger partial charge in [0.05, 0.1) is 17.9 Å². The van der Waals surface area contributed by atoms with Crippen molar-refractivity contribution in [3.8, 4) is 0 Å². The van der Waals surface area contributed by atoms with Crippen LogP contribution in [0.5, 0.6) is 0 Å². The van der Waals surface area contributed by atoms with Crippen molar-refractivity contribution in [1.82, 2.24) is 5.32 Å². The molecule has 6 heteroatoms. The lowest BCUT2D eigenvalue weighted by molar-refractivity contribution is -0.153. The molecule has 0 radical (unpaired) electrons. The van der Waals surface area contributed by atoms with Gasteiger partial charge in [0.2, 0.25) is 5.91 Å². The minimum atomic E-state index is -0.994. The number of nitrogens with one attached hydrogen (secondary N) is 1. The first-order valence-corrected chi connectivity index (χ1v) is 6.92. The number of carboxylic acid groups (broad SMARTS) is 1. The average molecular weight is 297 g/mol. The normalized spacial score (nSPS) is 22.2. The van der Waals surface area contributed by atoms with Crippen LogP contribution in [0.4, 0.5) is 8.78 Å². The van der Waals surface area contributed by atoms with Crippen LogP contribution in [0.1, 0.15) is 37.8 Å². The van der Waals surface area contributed by atoms with Crippen molar-refractivity contribution in [2.75, 3.05) is 0 Å². The Hall–Kier alpha value is -1.98. The molecule has 0 spiro atoms. The standard InChI is InChI=1S/C15H17F2NO3/c1-2-13(11-7-8(16)3-6-12(11)17)18-14(19)9-4-5-10(9)15(20)21/h3,6-7,9-10,13H,2,4-5H2,1H3,(H,18,19)(H,20,21). The predicted molar refractivity (Wildman–Crippen MR) is 71.4 cm³/mol. The molecule has 1 fully saturated rings. The summed E-state index contributed by atoms with van der Waals surface area (Å²) in [6.07, 6.45) is 1.36. The highest BCUT2D eigenvalue weighted by molar-refractivity contribution is 5.86. The molecule has 1 saturated carbocycles. The van der Waals surface area contributed by atoms with Crippen molar-refractivity contribution < 1.29 is 23.5 Å². The van der Waals surface area contributed by atoms with Crippen LogP contribution in [-0.2, 0) is 9.59 Å². The molecule has 0 saturated heterocycles. The van der Waals surface area contributed by atoms with Crippen LogP contribution in [0.15, 0.2) is 18.2 Å². The van der Waals surface area contributed by atoms with E-state index < -0.39 is 41.4 Å². The Balaban J connectivity index is 2.10. The monoisotopic (exact) mass is 297 g/mol. The lowest BCUT2D eigenvalue weighted by atomic mass is 9.73. The zero-order chi connectivity index (χ0) is 15.6. The van der Waals surface area contributed by atoms with Gasteiger partial charge in [0.15, 0.2) is 0 Å². The fourth-order valence-electron chi connectivity index (χ4n) is 2.57. The minimum Gasteiger partial charge on any atom is -0.481 e. The predicted octanol–water partition coefficient (Wildman–Crippen LogP) is 2.64. The molecule has 4 nitrogen and oxygen atoms in total. The largest absolute Gasteiger partial charge is 0.481 e. The van der Waals surface area contributed by atoms with Gasteiger partial charge in [0.1, 0.15) is 11.6 Å². The molecular weight excluding hydrogens is 280 g/mol. The van der Waals surface area contributed by atoms with Crippen molar-refractivity contribution in [2.45, 2.75) is 32.2 Å². The smallest absolute Gasteiger partial charge is 0.307 e. The number of hydrogen-bond acceptors (Lipinski definition) is 2. The van der Waals surface area contributed by atoms with Gasteiger partial charge in [-0.25, -0.2) is 8.78 Å². The van der Waals surface area contributed by atoms with Gasteiger partial charge in [-0.1, -0.05) is 6.92 Å². The second-order valence-electron chi connectivity index (χ2n) is 5.26. The Bertz CT molecular complexity index is 562. The molecule has 2 rings (SSSR count). The Morgan fingerprint density at radius 3 is 2.52 bits per heavy atom. The van der Waals surface area contributed by atoms with Gasteiger partial charge in [-0.15, -0.1) is 0 Å². The van der Waals surface area contributed by atoms with Gasteiger partial charge in [-0.05, 0) is 37.5 Å². The summed E-state index contributed by atoms with van der Waals surface area (Å²) in [7, 11) is 0. The summed E-state index contributed by atoms with van der Waals surface area (Å²) >= 11 is 0. The molecule has 1 aliphatic carbocycles. The zero-order valence-corrected chi connectivity index (χ0v) is 11.6. The van der Waals surface area contributed by atoms with Crippen LogP contribution < -0.4 is 5.32 Å². The Morgan fingerprint density at radius 1 is 1.33 bits per heavy atom. The van der Waals surface area contributed by atoms with Crippen molar-refractivity contribution in [2.24, 2.45) is 11.8 Å². The van der Waals surface area contributed by atoms with E-state index in [4.69, 9.17) is 5.11 Å². The van der Waals surface area contributed by atoms with Gasteiger partial charge >= 0.3 is 5.97 Å². The Labute approximate surface area is 121 Å². The molecule has 2 N–H and O–H groups in total. The number of amides is 1. The maximum absolute atomic E-state index is 13.7. The van der Waals surface area contributed by atoms with Gasteiger partial charge in [-0.3, -0.25) is 9.59 Å². The molecule has 3 unspecified atom stereocenters. The number of carboxylic acids is 1. The van der Waals surface area contributed by atoms with Gasteiger partial charge < -0.3 is 10.4 Å². The molecule has 3 atom stereocenters. The number of rotatable bonds is 5. The number of aliphatic carboxylic acids is 1. The first-order valence-electron chi connectivity index (χ1n) is 6.92. The third kappa shape index (κ3) is 3.20. The first kappa shape index (κ1) is 15.4. The summed E-state index contributed by atoms with van der Waals surface area (Å²) in [5, 5.41) is 11.6. The maximum atomic E-state index is 13.7. The summed E-state index contributed by atoms with van der Waals surface area (Å²) in [4.78, 5) is 23.0. The molecule has 0 aromatic heterocycles. The van der Waals surface area contributed by atoms with Crippen LogP contribution in [0.3, 0.4) is 0 Å². The highest BCUT2D eigenvalue weighted by Crippen LogP contribution is 2.35. The molecule has 0 heterocycles. The number of hydrogen-bond donors (Lipinski definition) is 2. The molecule has 0 bridgehead atoms. The second kappa shape index (κ2) is 6.20. The quantitative estimate of drug-likeness (QED) is 0.878. The third-order valence-corrected chi connectivity index (χ3v) is 3.99. The number of carbonyl (C=O) groups excluding carboxylic acids is 1. The van der Waals surface area contributed by atoms with E-state index >= 15 is 0 Å². The minimum absolute atomic E-state index is 0.0806. The fraction of sp³-hybridized carbons (Fsp3) is 0.467. The van der Waals surface area contributed by atoms with Crippen molar-refractivity contribution in [3.63, 3.8) is 0 Å². The number of halogens is 2. The lowest BCUT2D eigenvalue weighted by Crippen LogP contribution is -2.45. The fourth-order valence-corrected chi connectivity index (χ4v) is 2.57. The third-order valence-electron chi connectivity index (χ3n) is 3.99. The molecule has 1 aromatic carbocycles. The summed E-state index contributed by atoms with van der Waals surface area (Å²) in [5.74, 6) is -3.85.